The highest BCUT2D eigenvalue weighted by Crippen LogP contribution is 2.38. The number of rotatable bonds is 58. The van der Waals surface area contributed by atoms with Crippen LogP contribution in [-0.2, 0) is 18.4 Å². The van der Waals surface area contributed by atoms with Gasteiger partial charge in [-0.15, -0.1) is 0 Å². The Hall–Kier alpha value is -1.02. The molecule has 422 valence electrons. The smallest absolute Gasteiger partial charge is 0.268 e. The third-order valence-electron chi connectivity index (χ3n) is 14.4. The van der Waals surface area contributed by atoms with Gasteiger partial charge in [0.05, 0.1) is 39.9 Å². The summed E-state index contributed by atoms with van der Waals surface area (Å²) in [5.41, 5.74) is 0. The molecule has 1 amide bonds. The molecule has 0 aromatic rings. The molecule has 0 saturated heterocycles. The topological polar surface area (TPSA) is 108 Å². The summed E-state index contributed by atoms with van der Waals surface area (Å²) < 4.78 is 23.4. The van der Waals surface area contributed by atoms with Crippen LogP contribution in [0, 0.1) is 0 Å². The van der Waals surface area contributed by atoms with E-state index < -0.39 is 20.0 Å². The minimum absolute atomic E-state index is 0.000479. The Morgan fingerprint density at radius 1 is 0.479 bits per heavy atom. The largest absolute Gasteiger partial charge is 0.756 e. The summed E-state index contributed by atoms with van der Waals surface area (Å²) in [5, 5.41) is 13.9. The summed E-state index contributed by atoms with van der Waals surface area (Å²) in [4.78, 5) is 25.5. The maximum Gasteiger partial charge on any atom is 0.268 e. The Bertz CT molecular complexity index is 1210. The predicted molar refractivity (Wildman–Crippen MR) is 307 cm³/mol. The molecule has 0 aromatic carbocycles. The van der Waals surface area contributed by atoms with Crippen LogP contribution in [0.15, 0.2) is 24.3 Å². The molecule has 9 heteroatoms. The van der Waals surface area contributed by atoms with E-state index in [0.29, 0.717) is 17.4 Å². The fraction of sp³-hybridized carbons (Fsp3) is 0.919. The van der Waals surface area contributed by atoms with E-state index in [1.807, 2.05) is 27.2 Å². The van der Waals surface area contributed by atoms with Gasteiger partial charge in [-0.1, -0.05) is 289 Å². The van der Waals surface area contributed by atoms with E-state index in [1.165, 1.54) is 257 Å². The Balaban J connectivity index is 4.15. The van der Waals surface area contributed by atoms with E-state index in [0.717, 1.165) is 38.5 Å². The van der Waals surface area contributed by atoms with Gasteiger partial charge in [0.15, 0.2) is 0 Å². The van der Waals surface area contributed by atoms with Gasteiger partial charge in [-0.05, 0) is 44.9 Å². The van der Waals surface area contributed by atoms with Crippen molar-refractivity contribution in [2.75, 3.05) is 40.9 Å². The van der Waals surface area contributed by atoms with Crippen LogP contribution in [0.5, 0.6) is 0 Å². The number of phosphoric ester groups is 1. The minimum Gasteiger partial charge on any atom is -0.756 e. The lowest BCUT2D eigenvalue weighted by molar-refractivity contribution is -0.870. The lowest BCUT2D eigenvalue weighted by Crippen LogP contribution is -2.45. The molecule has 0 aliphatic heterocycles. The molecule has 0 rings (SSSR count). The van der Waals surface area contributed by atoms with E-state index in [2.05, 4.69) is 31.3 Å². The fourth-order valence-corrected chi connectivity index (χ4v) is 10.2. The molecule has 0 radical (unpaired) electrons. The van der Waals surface area contributed by atoms with Crippen LogP contribution in [0.4, 0.5) is 0 Å². The Morgan fingerprint density at radius 2 is 0.775 bits per heavy atom. The number of quaternary nitrogens is 1. The molecule has 0 fully saturated rings. The molecule has 0 heterocycles. The van der Waals surface area contributed by atoms with Gasteiger partial charge in [-0.3, -0.25) is 9.36 Å². The number of likely N-dealkylation sites (N-methyl/N-ethyl adjacent to an activating group) is 1. The number of hydrogen-bond acceptors (Lipinski definition) is 6. The summed E-state index contributed by atoms with van der Waals surface area (Å²) >= 11 is 0. The molecule has 3 unspecified atom stereocenters. The number of allylic oxidation sites excluding steroid dienone is 3. The first kappa shape index (κ1) is 70.0. The zero-order valence-electron chi connectivity index (χ0n) is 48.2. The van der Waals surface area contributed by atoms with Gasteiger partial charge in [0.2, 0.25) is 5.91 Å². The van der Waals surface area contributed by atoms with Gasteiger partial charge in [0, 0.05) is 6.42 Å². The van der Waals surface area contributed by atoms with Crippen LogP contribution in [0.25, 0.3) is 0 Å². The Kier molecular flexibility index (Phi) is 53.0. The van der Waals surface area contributed by atoms with Crippen molar-refractivity contribution in [3.8, 4) is 0 Å². The van der Waals surface area contributed by atoms with Crippen molar-refractivity contribution in [1.82, 2.24) is 5.32 Å². The summed E-state index contributed by atoms with van der Waals surface area (Å²) in [6, 6.07) is -0.887. The van der Waals surface area contributed by atoms with Gasteiger partial charge in [0.1, 0.15) is 13.2 Å². The van der Waals surface area contributed by atoms with Crippen molar-refractivity contribution in [2.24, 2.45) is 0 Å². The Labute approximate surface area is 443 Å². The van der Waals surface area contributed by atoms with E-state index >= 15 is 0 Å². The molecule has 0 saturated carbocycles. The zero-order valence-corrected chi connectivity index (χ0v) is 49.1. The monoisotopic (exact) mass is 1020 g/mol. The Morgan fingerprint density at radius 3 is 1.10 bits per heavy atom. The molecule has 0 aliphatic rings. The highest BCUT2D eigenvalue weighted by Gasteiger charge is 2.23. The highest BCUT2D eigenvalue weighted by molar-refractivity contribution is 7.45. The number of nitrogens with zero attached hydrogens (tertiary/aromatic N) is 1. The van der Waals surface area contributed by atoms with Crippen molar-refractivity contribution >= 4 is 13.7 Å². The van der Waals surface area contributed by atoms with E-state index in [-0.39, 0.29) is 19.1 Å². The van der Waals surface area contributed by atoms with Crippen molar-refractivity contribution in [2.45, 2.75) is 328 Å². The van der Waals surface area contributed by atoms with Gasteiger partial charge in [-0.2, -0.15) is 0 Å². The third kappa shape index (κ3) is 56.5. The molecule has 3 atom stereocenters. The molecular weight excluding hydrogens is 900 g/mol. The summed E-state index contributed by atoms with van der Waals surface area (Å²) in [7, 11) is 1.27. The number of carbonyl (C=O) groups excluding carboxylic acids is 1. The van der Waals surface area contributed by atoms with Gasteiger partial charge >= 0.3 is 0 Å². The number of aliphatic hydroxyl groups excluding tert-OH is 1. The second kappa shape index (κ2) is 53.8. The second-order valence-corrected chi connectivity index (χ2v) is 24.2. The summed E-state index contributed by atoms with van der Waals surface area (Å²) in [6.45, 7) is 4.70. The molecular formula is C62H123N2O6P. The number of amides is 1. The molecule has 0 aromatic heterocycles. The van der Waals surface area contributed by atoms with Gasteiger partial charge < -0.3 is 28.8 Å². The van der Waals surface area contributed by atoms with Gasteiger partial charge in [0.25, 0.3) is 7.82 Å². The first-order valence-corrected chi connectivity index (χ1v) is 32.7. The average molecular weight is 1020 g/mol. The number of carbonyl (C=O) groups is 1. The number of nitrogens with one attached hydrogen (secondary N) is 1. The van der Waals surface area contributed by atoms with Crippen molar-refractivity contribution in [3.05, 3.63) is 24.3 Å². The molecule has 8 nitrogen and oxygen atoms in total. The minimum atomic E-state index is -4.60. The van der Waals surface area contributed by atoms with Crippen LogP contribution in [0.2, 0.25) is 0 Å². The summed E-state index contributed by atoms with van der Waals surface area (Å²) in [6.07, 6.45) is 68.4. The van der Waals surface area contributed by atoms with E-state index in [4.69, 9.17) is 9.05 Å². The standard InChI is InChI=1S/C62H123N2O6P/c1-6-8-10-12-14-16-18-20-22-24-26-28-30-32-34-36-38-40-42-44-46-48-50-52-54-56-62(66)63-60(59-70-71(67,68)69-58-57-64(3,4)5)61(65)55-53-51-49-47-45-43-41-39-37-35-33-31-29-27-25-23-21-19-17-15-13-11-9-7-2/h32,34,53,55,60-61,65H,6-31,33,35-52,54,56-59H2,1-5H3,(H-,63,66,67,68)/b34-32-,55-53+. The van der Waals surface area contributed by atoms with E-state index in [1.54, 1.807) is 6.08 Å². The lowest BCUT2D eigenvalue weighted by Gasteiger charge is -2.29. The SMILES string of the molecule is CCCCCCCCCCCCCC/C=C\CCCCCCCCCCCC(=O)NC(COP(=O)([O-])OCC[N+](C)(C)C)C(O)/C=C/CCCCCCCCCCCCCCCCCCCCCCCC. The molecule has 0 aliphatic carbocycles. The lowest BCUT2D eigenvalue weighted by atomic mass is 10.0. The molecule has 0 bridgehead atoms. The first-order chi connectivity index (χ1) is 34.5. The molecule has 0 spiro atoms. The van der Waals surface area contributed by atoms with Gasteiger partial charge in [-0.25, -0.2) is 0 Å². The van der Waals surface area contributed by atoms with Crippen molar-refractivity contribution in [1.29, 1.82) is 0 Å². The van der Waals surface area contributed by atoms with Crippen molar-refractivity contribution < 1.29 is 32.9 Å². The quantitative estimate of drug-likeness (QED) is 0.0272. The number of aliphatic hydroxyl groups is 1. The highest BCUT2D eigenvalue weighted by atomic mass is 31.2. The molecule has 2 N–H and O–H groups in total. The molecule has 71 heavy (non-hydrogen) atoms. The average Bonchev–Trinajstić information content (AvgIpc) is 3.33. The number of unbranched alkanes of at least 4 members (excludes halogenated alkanes) is 43. The number of hydrogen-bond donors (Lipinski definition) is 2. The normalized spacial score (nSPS) is 14.0. The summed E-state index contributed by atoms with van der Waals surface area (Å²) in [5.74, 6) is -0.194. The zero-order chi connectivity index (χ0) is 52.0. The third-order valence-corrected chi connectivity index (χ3v) is 15.4. The van der Waals surface area contributed by atoms with Crippen LogP contribution in [0.1, 0.15) is 316 Å². The van der Waals surface area contributed by atoms with Crippen LogP contribution in [0.3, 0.4) is 0 Å². The first-order valence-electron chi connectivity index (χ1n) is 31.2. The van der Waals surface area contributed by atoms with Crippen molar-refractivity contribution in [3.63, 3.8) is 0 Å². The van der Waals surface area contributed by atoms with Crippen LogP contribution >= 0.6 is 7.82 Å². The van der Waals surface area contributed by atoms with E-state index in [9.17, 15) is 19.4 Å². The maximum atomic E-state index is 13.0. The maximum absolute atomic E-state index is 13.0. The fourth-order valence-electron chi connectivity index (χ4n) is 9.50. The second-order valence-electron chi connectivity index (χ2n) is 22.8. The predicted octanol–water partition coefficient (Wildman–Crippen LogP) is 18.5. The van der Waals surface area contributed by atoms with Crippen LogP contribution in [-0.4, -0.2) is 68.5 Å². The number of phosphoric acid groups is 1. The van der Waals surface area contributed by atoms with Crippen LogP contribution < -0.4 is 10.2 Å².